The number of aromatic nitrogens is 1. The van der Waals surface area contributed by atoms with Crippen LogP contribution in [-0.4, -0.2) is 49.6 Å². The minimum atomic E-state index is -3.92. The lowest BCUT2D eigenvalue weighted by molar-refractivity contribution is -0.131. The number of nitrogens with two attached hydrogens (primary N) is 1. The second-order valence-electron chi connectivity index (χ2n) is 6.92. The maximum Gasteiger partial charge on any atom is 0.246 e. The summed E-state index contributed by atoms with van der Waals surface area (Å²) in [5.41, 5.74) is 7.56. The third-order valence-corrected chi connectivity index (χ3v) is 6.63. The molecule has 3 rings (SSSR count). The van der Waals surface area contributed by atoms with E-state index in [2.05, 4.69) is 9.88 Å². The van der Waals surface area contributed by atoms with Crippen LogP contribution in [0.2, 0.25) is 0 Å². The molecule has 1 amide bonds. The molecule has 0 bridgehead atoms. The number of nitrogens with zero attached hydrogens (tertiary/aromatic N) is 2. The van der Waals surface area contributed by atoms with E-state index in [9.17, 15) is 13.2 Å². The van der Waals surface area contributed by atoms with Crippen LogP contribution in [0.4, 0.5) is 0 Å². The lowest BCUT2D eigenvalue weighted by Gasteiger charge is -2.21. The molecule has 1 unspecified atom stereocenters. The SMILES string of the molecule is Cc1noc(C)c1S(=O)(=O)NC(C)C(=O)N1C[C@@H](N)[C@H](c2ccccc2)C1.Cl. The lowest BCUT2D eigenvalue weighted by Crippen LogP contribution is -2.46. The Balaban J connectivity index is 0.00000280. The predicted octanol–water partition coefficient (Wildman–Crippen LogP) is 1.33. The molecule has 1 aliphatic heterocycles. The summed E-state index contributed by atoms with van der Waals surface area (Å²) in [6, 6.07) is 8.66. The van der Waals surface area contributed by atoms with Crippen LogP contribution < -0.4 is 10.5 Å². The van der Waals surface area contributed by atoms with Gasteiger partial charge in [0.25, 0.3) is 0 Å². The van der Waals surface area contributed by atoms with E-state index in [0.29, 0.717) is 13.1 Å². The van der Waals surface area contributed by atoms with Gasteiger partial charge in [-0.15, -0.1) is 12.4 Å². The van der Waals surface area contributed by atoms with Crippen molar-refractivity contribution in [3.63, 3.8) is 0 Å². The van der Waals surface area contributed by atoms with E-state index in [1.807, 2.05) is 30.3 Å². The van der Waals surface area contributed by atoms with Gasteiger partial charge in [0.05, 0.1) is 6.04 Å². The van der Waals surface area contributed by atoms with Gasteiger partial charge in [0.2, 0.25) is 15.9 Å². The fourth-order valence-corrected chi connectivity index (χ4v) is 5.06. The molecule has 8 nitrogen and oxygen atoms in total. The zero-order chi connectivity index (χ0) is 19.8. The van der Waals surface area contributed by atoms with Crippen LogP contribution >= 0.6 is 12.4 Å². The Morgan fingerprint density at radius 3 is 2.50 bits per heavy atom. The Labute approximate surface area is 170 Å². The predicted molar refractivity (Wildman–Crippen MR) is 107 cm³/mol. The third kappa shape index (κ3) is 4.38. The van der Waals surface area contributed by atoms with Crippen molar-refractivity contribution in [3.05, 3.63) is 47.3 Å². The fraction of sp³-hybridized carbons (Fsp3) is 0.444. The summed E-state index contributed by atoms with van der Waals surface area (Å²) < 4.78 is 32.6. The van der Waals surface area contributed by atoms with Crippen LogP contribution in [0.15, 0.2) is 39.8 Å². The second-order valence-corrected chi connectivity index (χ2v) is 8.57. The zero-order valence-corrected chi connectivity index (χ0v) is 17.6. The first kappa shape index (κ1) is 22.4. The second kappa shape index (κ2) is 8.60. The fourth-order valence-electron chi connectivity index (χ4n) is 3.54. The highest BCUT2D eigenvalue weighted by molar-refractivity contribution is 7.89. The van der Waals surface area contributed by atoms with Gasteiger partial charge in [0, 0.05) is 25.0 Å². The highest BCUT2D eigenvalue weighted by atomic mass is 35.5. The van der Waals surface area contributed by atoms with Crippen LogP contribution in [-0.2, 0) is 14.8 Å². The van der Waals surface area contributed by atoms with E-state index in [0.717, 1.165) is 5.56 Å². The van der Waals surface area contributed by atoms with Gasteiger partial charge in [0.15, 0.2) is 5.76 Å². The molecular formula is C18H25ClN4O4S. The van der Waals surface area contributed by atoms with Crippen molar-refractivity contribution in [2.75, 3.05) is 13.1 Å². The van der Waals surface area contributed by atoms with Crippen LogP contribution in [0, 0.1) is 13.8 Å². The van der Waals surface area contributed by atoms with Crippen molar-refractivity contribution in [2.24, 2.45) is 5.73 Å². The Kier molecular flexibility index (Phi) is 6.87. The number of aryl methyl sites for hydroxylation is 2. The molecule has 1 saturated heterocycles. The number of likely N-dealkylation sites (tertiary alicyclic amines) is 1. The number of amides is 1. The molecule has 1 fully saturated rings. The first-order chi connectivity index (χ1) is 12.7. The average Bonchev–Trinajstić information content (AvgIpc) is 3.17. The van der Waals surface area contributed by atoms with Gasteiger partial charge in [-0.05, 0) is 26.3 Å². The Morgan fingerprint density at radius 1 is 1.29 bits per heavy atom. The number of rotatable bonds is 5. The molecule has 1 aromatic carbocycles. The summed E-state index contributed by atoms with van der Waals surface area (Å²) in [5, 5.41) is 3.66. The number of hydrogen-bond acceptors (Lipinski definition) is 6. The van der Waals surface area contributed by atoms with Crippen LogP contribution in [0.25, 0.3) is 0 Å². The van der Waals surface area contributed by atoms with E-state index < -0.39 is 16.1 Å². The molecule has 2 heterocycles. The summed E-state index contributed by atoms with van der Waals surface area (Å²) in [7, 11) is -3.92. The van der Waals surface area contributed by atoms with Crippen LogP contribution in [0.1, 0.15) is 29.9 Å². The Bertz CT molecular complexity index is 913. The molecule has 154 valence electrons. The van der Waals surface area contributed by atoms with E-state index >= 15 is 0 Å². The van der Waals surface area contributed by atoms with Gasteiger partial charge in [0.1, 0.15) is 10.6 Å². The van der Waals surface area contributed by atoms with Crippen molar-refractivity contribution in [1.29, 1.82) is 0 Å². The van der Waals surface area contributed by atoms with E-state index in [1.54, 1.807) is 11.8 Å². The average molecular weight is 429 g/mol. The molecular weight excluding hydrogens is 404 g/mol. The minimum absolute atomic E-state index is 0. The number of hydrogen-bond donors (Lipinski definition) is 2. The minimum Gasteiger partial charge on any atom is -0.360 e. The monoisotopic (exact) mass is 428 g/mol. The zero-order valence-electron chi connectivity index (χ0n) is 16.0. The highest BCUT2D eigenvalue weighted by Gasteiger charge is 2.37. The summed E-state index contributed by atoms with van der Waals surface area (Å²) in [6.45, 7) is 5.43. The summed E-state index contributed by atoms with van der Waals surface area (Å²) in [4.78, 5) is 14.4. The molecule has 0 radical (unpaired) electrons. The van der Waals surface area contributed by atoms with Gasteiger partial charge in [-0.1, -0.05) is 35.5 Å². The smallest absolute Gasteiger partial charge is 0.246 e. The summed E-state index contributed by atoms with van der Waals surface area (Å²) >= 11 is 0. The number of carbonyl (C=O) groups excluding carboxylic acids is 1. The highest BCUT2D eigenvalue weighted by Crippen LogP contribution is 2.27. The lowest BCUT2D eigenvalue weighted by atomic mass is 9.95. The van der Waals surface area contributed by atoms with E-state index in [4.69, 9.17) is 10.3 Å². The molecule has 3 atom stereocenters. The maximum atomic E-state index is 12.8. The first-order valence-electron chi connectivity index (χ1n) is 8.75. The van der Waals surface area contributed by atoms with E-state index in [-0.39, 0.29) is 46.6 Å². The number of halogens is 1. The molecule has 2 aromatic rings. The molecule has 0 saturated carbocycles. The van der Waals surface area contributed by atoms with Gasteiger partial charge < -0.3 is 15.2 Å². The van der Waals surface area contributed by atoms with Crippen molar-refractivity contribution in [2.45, 2.75) is 43.7 Å². The van der Waals surface area contributed by atoms with Crippen molar-refractivity contribution in [3.8, 4) is 0 Å². The molecule has 28 heavy (non-hydrogen) atoms. The molecule has 1 aromatic heterocycles. The molecule has 10 heteroatoms. The molecule has 1 aliphatic rings. The summed E-state index contributed by atoms with van der Waals surface area (Å²) in [6.07, 6.45) is 0. The number of benzene rings is 1. The van der Waals surface area contributed by atoms with Gasteiger partial charge in [-0.3, -0.25) is 4.79 Å². The van der Waals surface area contributed by atoms with Gasteiger partial charge >= 0.3 is 0 Å². The standard InChI is InChI=1S/C18H24N4O4S.ClH/c1-11-17(13(3)26-20-11)27(24,25)21-12(2)18(23)22-9-15(16(19)10-22)14-7-5-4-6-8-14;/h4-8,12,15-16,21H,9-10,19H2,1-3H3;1H/t12?,15-,16+;/m0./s1. The number of carbonyl (C=O) groups is 1. The molecule has 0 spiro atoms. The molecule has 0 aliphatic carbocycles. The van der Waals surface area contributed by atoms with Crippen molar-refractivity contribution < 1.29 is 17.7 Å². The van der Waals surface area contributed by atoms with Crippen molar-refractivity contribution >= 4 is 28.3 Å². The Morgan fingerprint density at radius 2 is 1.93 bits per heavy atom. The number of nitrogens with one attached hydrogen (secondary N) is 1. The molecule has 3 N–H and O–H groups in total. The summed E-state index contributed by atoms with van der Waals surface area (Å²) in [5.74, 6) is -0.0901. The van der Waals surface area contributed by atoms with E-state index in [1.165, 1.54) is 13.8 Å². The quantitative estimate of drug-likeness (QED) is 0.741. The van der Waals surface area contributed by atoms with Crippen molar-refractivity contribution in [1.82, 2.24) is 14.8 Å². The number of sulfonamides is 1. The first-order valence-corrected chi connectivity index (χ1v) is 10.2. The maximum absolute atomic E-state index is 12.8. The largest absolute Gasteiger partial charge is 0.360 e. The van der Waals surface area contributed by atoms with Gasteiger partial charge in [-0.25, -0.2) is 8.42 Å². The van der Waals surface area contributed by atoms with Gasteiger partial charge in [-0.2, -0.15) is 4.72 Å². The topological polar surface area (TPSA) is 119 Å². The normalized spacial score (nSPS) is 20.6. The van der Waals surface area contributed by atoms with Crippen LogP contribution in [0.5, 0.6) is 0 Å². The Hall–Kier alpha value is -1.94. The third-order valence-electron chi connectivity index (χ3n) is 4.84. The van der Waals surface area contributed by atoms with Crippen LogP contribution in [0.3, 0.4) is 0 Å².